The summed E-state index contributed by atoms with van der Waals surface area (Å²) in [4.78, 5) is 1.74. The van der Waals surface area contributed by atoms with Crippen LogP contribution in [0.4, 0.5) is 0 Å². The van der Waals surface area contributed by atoms with Gasteiger partial charge in [-0.3, -0.25) is 0 Å². The fourth-order valence-corrected chi connectivity index (χ4v) is 2.72. The van der Waals surface area contributed by atoms with Gasteiger partial charge in [-0.05, 0) is 29.5 Å². The number of sulfone groups is 1. The van der Waals surface area contributed by atoms with E-state index in [0.717, 1.165) is 12.1 Å². The molecule has 0 aliphatic heterocycles. The van der Waals surface area contributed by atoms with Crippen molar-refractivity contribution in [1.29, 1.82) is 0 Å². The summed E-state index contributed by atoms with van der Waals surface area (Å²) in [5.41, 5.74) is 0.997. The molecule has 21 heavy (non-hydrogen) atoms. The maximum Gasteiger partial charge on any atom is 0.176 e. The SMILES string of the molecule is CCNC(Cc1nnn(C)n1)c1ccc(S(C)(=O)=O)cc1. The number of aryl methyl sites for hydroxylation is 1. The summed E-state index contributed by atoms with van der Waals surface area (Å²) >= 11 is 0. The first-order valence-corrected chi connectivity index (χ1v) is 8.55. The number of nitrogens with zero attached hydrogens (tertiary/aromatic N) is 4. The Balaban J connectivity index is 2.21. The standard InChI is InChI=1S/C13H19N5O2S/c1-4-14-12(9-13-15-17-18(2)16-13)10-5-7-11(8-6-10)21(3,19)20/h5-8,12,14H,4,9H2,1-3H3. The Kier molecular flexibility index (Phi) is 4.69. The second kappa shape index (κ2) is 6.31. The van der Waals surface area contributed by atoms with E-state index in [4.69, 9.17) is 0 Å². The summed E-state index contributed by atoms with van der Waals surface area (Å²) in [6.07, 6.45) is 1.80. The van der Waals surface area contributed by atoms with Crippen molar-refractivity contribution >= 4 is 9.84 Å². The van der Waals surface area contributed by atoms with Crippen molar-refractivity contribution in [2.75, 3.05) is 12.8 Å². The van der Waals surface area contributed by atoms with Gasteiger partial charge in [0.25, 0.3) is 0 Å². The molecule has 1 unspecified atom stereocenters. The van der Waals surface area contributed by atoms with Gasteiger partial charge in [0.15, 0.2) is 15.7 Å². The van der Waals surface area contributed by atoms with E-state index in [9.17, 15) is 8.42 Å². The van der Waals surface area contributed by atoms with Gasteiger partial charge < -0.3 is 5.32 Å². The van der Waals surface area contributed by atoms with Crippen molar-refractivity contribution in [1.82, 2.24) is 25.5 Å². The second-order valence-electron chi connectivity index (χ2n) is 4.85. The third-order valence-electron chi connectivity index (χ3n) is 3.10. The quantitative estimate of drug-likeness (QED) is 0.836. The fourth-order valence-electron chi connectivity index (χ4n) is 2.09. The molecule has 0 amide bonds. The lowest BCUT2D eigenvalue weighted by Gasteiger charge is -2.17. The normalized spacial score (nSPS) is 13.3. The van der Waals surface area contributed by atoms with Crippen LogP contribution in [0.15, 0.2) is 29.2 Å². The first kappa shape index (κ1) is 15.6. The second-order valence-corrected chi connectivity index (χ2v) is 6.87. The first-order valence-electron chi connectivity index (χ1n) is 6.66. The van der Waals surface area contributed by atoms with Crippen molar-refractivity contribution in [3.63, 3.8) is 0 Å². The van der Waals surface area contributed by atoms with Crippen LogP contribution in [0.2, 0.25) is 0 Å². The Morgan fingerprint density at radius 1 is 1.29 bits per heavy atom. The van der Waals surface area contributed by atoms with E-state index >= 15 is 0 Å². The minimum absolute atomic E-state index is 0.0211. The topological polar surface area (TPSA) is 89.8 Å². The molecule has 0 bridgehead atoms. The highest BCUT2D eigenvalue weighted by Crippen LogP contribution is 2.19. The van der Waals surface area contributed by atoms with Crippen LogP contribution < -0.4 is 5.32 Å². The van der Waals surface area contributed by atoms with E-state index in [1.54, 1.807) is 19.2 Å². The van der Waals surface area contributed by atoms with Crippen molar-refractivity contribution < 1.29 is 8.42 Å². The Morgan fingerprint density at radius 2 is 1.95 bits per heavy atom. The minimum atomic E-state index is -3.17. The van der Waals surface area contributed by atoms with Crippen LogP contribution in [0.5, 0.6) is 0 Å². The predicted octanol–water partition coefficient (Wildman–Crippen LogP) is 0.507. The summed E-state index contributed by atoms with van der Waals surface area (Å²) in [6, 6.07) is 6.91. The molecule has 7 nitrogen and oxygen atoms in total. The molecule has 2 aromatic rings. The lowest BCUT2D eigenvalue weighted by Crippen LogP contribution is -2.23. The maximum atomic E-state index is 11.5. The van der Waals surface area contributed by atoms with Gasteiger partial charge in [0.2, 0.25) is 0 Å². The highest BCUT2D eigenvalue weighted by Gasteiger charge is 2.15. The van der Waals surface area contributed by atoms with Gasteiger partial charge in [-0.1, -0.05) is 19.1 Å². The average Bonchev–Trinajstić information content (AvgIpc) is 2.83. The Labute approximate surface area is 124 Å². The molecule has 8 heteroatoms. The maximum absolute atomic E-state index is 11.5. The number of likely N-dealkylation sites (N-methyl/N-ethyl adjacent to an activating group) is 1. The van der Waals surface area contributed by atoms with Crippen LogP contribution in [-0.4, -0.2) is 41.4 Å². The Morgan fingerprint density at radius 3 is 2.43 bits per heavy atom. The zero-order chi connectivity index (χ0) is 15.5. The zero-order valence-corrected chi connectivity index (χ0v) is 13.1. The molecule has 1 N–H and O–H groups in total. The molecule has 0 radical (unpaired) electrons. The third kappa shape index (κ3) is 4.08. The van der Waals surface area contributed by atoms with Gasteiger partial charge in [0.05, 0.1) is 11.9 Å². The number of nitrogens with one attached hydrogen (secondary N) is 1. The van der Waals surface area contributed by atoms with Crippen molar-refractivity contribution in [2.24, 2.45) is 7.05 Å². The Hall–Kier alpha value is -1.80. The van der Waals surface area contributed by atoms with Crippen molar-refractivity contribution in [3.8, 4) is 0 Å². The van der Waals surface area contributed by atoms with E-state index in [1.165, 1.54) is 11.1 Å². The Bertz CT molecular complexity index is 694. The van der Waals surface area contributed by atoms with Crippen LogP contribution in [0.25, 0.3) is 0 Å². The van der Waals surface area contributed by atoms with Crippen LogP contribution >= 0.6 is 0 Å². The molecule has 1 aromatic heterocycles. The van der Waals surface area contributed by atoms with Gasteiger partial charge in [0.1, 0.15) is 0 Å². The molecule has 0 aliphatic rings. The summed E-state index contributed by atoms with van der Waals surface area (Å²) in [5.74, 6) is 0.649. The molecule has 0 spiro atoms. The smallest absolute Gasteiger partial charge is 0.176 e. The molecular weight excluding hydrogens is 290 g/mol. The number of benzene rings is 1. The van der Waals surface area contributed by atoms with E-state index in [2.05, 4.69) is 20.7 Å². The van der Waals surface area contributed by atoms with E-state index in [1.807, 2.05) is 19.1 Å². The number of rotatable bonds is 6. The monoisotopic (exact) mass is 309 g/mol. The lowest BCUT2D eigenvalue weighted by molar-refractivity contribution is 0.534. The van der Waals surface area contributed by atoms with E-state index in [0.29, 0.717) is 17.1 Å². The van der Waals surface area contributed by atoms with Crippen LogP contribution in [0, 0.1) is 0 Å². The molecule has 1 heterocycles. The lowest BCUT2D eigenvalue weighted by atomic mass is 10.0. The number of hydrogen-bond acceptors (Lipinski definition) is 6. The van der Waals surface area contributed by atoms with Crippen LogP contribution in [0.3, 0.4) is 0 Å². The summed E-state index contributed by atoms with van der Waals surface area (Å²) in [5, 5.41) is 15.3. The summed E-state index contributed by atoms with van der Waals surface area (Å²) in [6.45, 7) is 2.81. The van der Waals surface area contributed by atoms with E-state index < -0.39 is 9.84 Å². The molecule has 0 saturated carbocycles. The molecular formula is C13H19N5O2S. The third-order valence-corrected chi connectivity index (χ3v) is 4.23. The molecule has 2 rings (SSSR count). The van der Waals surface area contributed by atoms with Gasteiger partial charge in [0, 0.05) is 18.7 Å². The highest BCUT2D eigenvalue weighted by molar-refractivity contribution is 7.90. The van der Waals surface area contributed by atoms with Crippen molar-refractivity contribution in [2.45, 2.75) is 24.3 Å². The van der Waals surface area contributed by atoms with Crippen molar-refractivity contribution in [3.05, 3.63) is 35.7 Å². The molecule has 0 saturated heterocycles. The molecule has 0 fully saturated rings. The van der Waals surface area contributed by atoms with E-state index in [-0.39, 0.29) is 6.04 Å². The van der Waals surface area contributed by atoms with Crippen LogP contribution in [0.1, 0.15) is 24.4 Å². The van der Waals surface area contributed by atoms with Gasteiger partial charge in [-0.15, -0.1) is 10.2 Å². The molecule has 114 valence electrons. The largest absolute Gasteiger partial charge is 0.310 e. The van der Waals surface area contributed by atoms with Gasteiger partial charge >= 0.3 is 0 Å². The number of hydrogen-bond donors (Lipinski definition) is 1. The number of tetrazole rings is 1. The summed E-state index contributed by atoms with van der Waals surface area (Å²) in [7, 11) is -1.45. The molecule has 1 aromatic carbocycles. The van der Waals surface area contributed by atoms with Gasteiger partial charge in [-0.25, -0.2) is 8.42 Å². The number of aromatic nitrogens is 4. The van der Waals surface area contributed by atoms with Crippen LogP contribution in [-0.2, 0) is 23.3 Å². The fraction of sp³-hybridized carbons (Fsp3) is 0.462. The zero-order valence-electron chi connectivity index (χ0n) is 12.3. The predicted molar refractivity (Wildman–Crippen MR) is 78.5 cm³/mol. The first-order chi connectivity index (χ1) is 9.90. The average molecular weight is 309 g/mol. The highest BCUT2D eigenvalue weighted by atomic mass is 32.2. The molecule has 1 atom stereocenters. The van der Waals surface area contributed by atoms with Gasteiger partial charge in [-0.2, -0.15) is 4.80 Å². The minimum Gasteiger partial charge on any atom is -0.310 e. The summed E-state index contributed by atoms with van der Waals surface area (Å²) < 4.78 is 23.0. The molecule has 0 aliphatic carbocycles.